The SMILES string of the molecule is C#CCOc1ccc(C(C)(c2ccccc2OCC#C)c2ccccc2OCC#C)cc1. The standard InChI is InChI=1S/C29H24O3/c1-5-20-30-24-18-16-23(17-19-24)29(4,25-12-8-10-14-27(25)31-21-6-2)26-13-9-11-15-28(26)32-22-7-3/h1-3,8-19H,20-22H2,4H3. The molecule has 0 spiro atoms. The smallest absolute Gasteiger partial charge is 0.148 e. The summed E-state index contributed by atoms with van der Waals surface area (Å²) < 4.78 is 17.4. The second-order valence-corrected chi connectivity index (χ2v) is 7.12. The molecule has 0 radical (unpaired) electrons. The van der Waals surface area contributed by atoms with E-state index in [9.17, 15) is 0 Å². The van der Waals surface area contributed by atoms with Gasteiger partial charge in [-0.3, -0.25) is 0 Å². The molecule has 3 heteroatoms. The van der Waals surface area contributed by atoms with Gasteiger partial charge in [0.1, 0.15) is 37.1 Å². The summed E-state index contributed by atoms with van der Waals surface area (Å²) in [5.41, 5.74) is 2.27. The van der Waals surface area contributed by atoms with Crippen molar-refractivity contribution in [1.29, 1.82) is 0 Å². The van der Waals surface area contributed by atoms with Crippen LogP contribution in [0.15, 0.2) is 72.8 Å². The summed E-state index contributed by atoms with van der Waals surface area (Å²) in [6, 6.07) is 23.5. The van der Waals surface area contributed by atoms with E-state index in [0.29, 0.717) is 17.2 Å². The van der Waals surface area contributed by atoms with E-state index in [-0.39, 0.29) is 19.8 Å². The summed E-state index contributed by atoms with van der Waals surface area (Å²) in [6.45, 7) is 2.67. The van der Waals surface area contributed by atoms with Crippen LogP contribution in [-0.2, 0) is 5.41 Å². The first-order chi connectivity index (χ1) is 15.6. The number of hydrogen-bond donors (Lipinski definition) is 0. The van der Waals surface area contributed by atoms with Gasteiger partial charge in [0.05, 0.1) is 0 Å². The average Bonchev–Trinajstić information content (AvgIpc) is 2.85. The van der Waals surface area contributed by atoms with Gasteiger partial charge >= 0.3 is 0 Å². The van der Waals surface area contributed by atoms with Crippen molar-refractivity contribution in [2.24, 2.45) is 0 Å². The summed E-state index contributed by atoms with van der Waals surface area (Å²) in [6.07, 6.45) is 16.2. The van der Waals surface area contributed by atoms with Gasteiger partial charge in [0.15, 0.2) is 0 Å². The van der Waals surface area contributed by atoms with Gasteiger partial charge < -0.3 is 14.2 Å². The van der Waals surface area contributed by atoms with Crippen LogP contribution in [0.1, 0.15) is 23.6 Å². The number of terminal acetylenes is 3. The fraction of sp³-hybridized carbons (Fsp3) is 0.172. The van der Waals surface area contributed by atoms with Gasteiger partial charge in [0.25, 0.3) is 0 Å². The molecule has 3 rings (SSSR count). The Morgan fingerprint density at radius 2 is 1.06 bits per heavy atom. The summed E-state index contributed by atoms with van der Waals surface area (Å²) in [7, 11) is 0. The third-order valence-electron chi connectivity index (χ3n) is 5.23. The van der Waals surface area contributed by atoms with Gasteiger partial charge in [-0.05, 0) is 36.8 Å². The minimum absolute atomic E-state index is 0.168. The van der Waals surface area contributed by atoms with E-state index < -0.39 is 5.41 Å². The molecule has 3 nitrogen and oxygen atoms in total. The largest absolute Gasteiger partial charge is 0.481 e. The molecule has 3 aromatic rings. The van der Waals surface area contributed by atoms with Crippen LogP contribution >= 0.6 is 0 Å². The van der Waals surface area contributed by atoms with Crippen LogP contribution in [0.25, 0.3) is 0 Å². The van der Waals surface area contributed by atoms with Crippen LogP contribution in [0.5, 0.6) is 17.2 Å². The van der Waals surface area contributed by atoms with Crippen LogP contribution in [0.4, 0.5) is 0 Å². The second kappa shape index (κ2) is 10.7. The second-order valence-electron chi connectivity index (χ2n) is 7.12. The molecule has 0 aliphatic heterocycles. The molecule has 0 heterocycles. The molecule has 0 unspecified atom stereocenters. The molecular formula is C29H24O3. The lowest BCUT2D eigenvalue weighted by Gasteiger charge is -2.34. The zero-order chi connectivity index (χ0) is 22.8. The predicted molar refractivity (Wildman–Crippen MR) is 128 cm³/mol. The maximum Gasteiger partial charge on any atom is 0.148 e. The molecular weight excluding hydrogens is 396 g/mol. The molecule has 0 atom stereocenters. The highest BCUT2D eigenvalue weighted by Gasteiger charge is 2.36. The fourth-order valence-corrected chi connectivity index (χ4v) is 3.72. The first-order valence-corrected chi connectivity index (χ1v) is 10.1. The molecule has 0 aromatic heterocycles. The number of benzene rings is 3. The summed E-state index contributed by atoms with van der Waals surface area (Å²) >= 11 is 0. The molecule has 0 aliphatic carbocycles. The van der Waals surface area contributed by atoms with E-state index in [2.05, 4.69) is 24.7 Å². The zero-order valence-electron chi connectivity index (χ0n) is 18.0. The predicted octanol–water partition coefficient (Wildman–Crippen LogP) is 5.08. The van der Waals surface area contributed by atoms with Gasteiger partial charge in [-0.1, -0.05) is 66.3 Å². The van der Waals surface area contributed by atoms with E-state index in [1.54, 1.807) is 0 Å². The first-order valence-electron chi connectivity index (χ1n) is 10.1. The Balaban J connectivity index is 2.21. The van der Waals surface area contributed by atoms with E-state index in [1.807, 2.05) is 72.8 Å². The molecule has 0 N–H and O–H groups in total. The van der Waals surface area contributed by atoms with Crippen LogP contribution in [0.2, 0.25) is 0 Å². The normalized spacial score (nSPS) is 10.3. The average molecular weight is 421 g/mol. The number of hydrogen-bond acceptors (Lipinski definition) is 3. The van der Waals surface area contributed by atoms with Crippen LogP contribution in [0.3, 0.4) is 0 Å². The molecule has 0 bridgehead atoms. The Hall–Kier alpha value is -4.26. The Bertz CT molecular complexity index is 1110. The van der Waals surface area contributed by atoms with E-state index in [4.69, 9.17) is 33.5 Å². The summed E-state index contributed by atoms with van der Waals surface area (Å²) in [5, 5.41) is 0. The Morgan fingerprint density at radius 3 is 1.53 bits per heavy atom. The molecule has 0 saturated heterocycles. The molecule has 32 heavy (non-hydrogen) atoms. The highest BCUT2D eigenvalue weighted by molar-refractivity contribution is 5.58. The van der Waals surface area contributed by atoms with Crippen molar-refractivity contribution in [2.75, 3.05) is 19.8 Å². The Morgan fingerprint density at radius 1 is 0.625 bits per heavy atom. The quantitative estimate of drug-likeness (QED) is 0.357. The van der Waals surface area contributed by atoms with E-state index >= 15 is 0 Å². The minimum atomic E-state index is -0.638. The van der Waals surface area contributed by atoms with Crippen molar-refractivity contribution in [3.05, 3.63) is 89.5 Å². The first kappa shape index (κ1) is 22.4. The molecule has 0 saturated carbocycles. The van der Waals surface area contributed by atoms with Crippen molar-refractivity contribution < 1.29 is 14.2 Å². The van der Waals surface area contributed by atoms with Crippen molar-refractivity contribution in [2.45, 2.75) is 12.3 Å². The Labute approximate surface area is 190 Å². The third-order valence-corrected chi connectivity index (χ3v) is 5.23. The molecule has 0 amide bonds. The van der Waals surface area contributed by atoms with Crippen LogP contribution in [-0.4, -0.2) is 19.8 Å². The summed E-state index contributed by atoms with van der Waals surface area (Å²) in [5.74, 6) is 9.66. The number of para-hydroxylation sites is 2. The monoisotopic (exact) mass is 420 g/mol. The number of rotatable bonds is 9. The highest BCUT2D eigenvalue weighted by atomic mass is 16.5. The van der Waals surface area contributed by atoms with Crippen molar-refractivity contribution in [1.82, 2.24) is 0 Å². The lowest BCUT2D eigenvalue weighted by atomic mass is 9.70. The maximum atomic E-state index is 5.92. The third kappa shape index (κ3) is 4.73. The van der Waals surface area contributed by atoms with Crippen molar-refractivity contribution >= 4 is 0 Å². The van der Waals surface area contributed by atoms with E-state index in [1.165, 1.54) is 0 Å². The van der Waals surface area contributed by atoms with Crippen LogP contribution < -0.4 is 14.2 Å². The van der Waals surface area contributed by atoms with Crippen molar-refractivity contribution in [3.63, 3.8) is 0 Å². The molecule has 158 valence electrons. The van der Waals surface area contributed by atoms with Gasteiger partial charge in [0.2, 0.25) is 0 Å². The minimum Gasteiger partial charge on any atom is -0.481 e. The lowest BCUT2D eigenvalue weighted by Crippen LogP contribution is -2.27. The maximum absolute atomic E-state index is 5.92. The zero-order valence-corrected chi connectivity index (χ0v) is 18.0. The Kier molecular flexibility index (Phi) is 7.48. The topological polar surface area (TPSA) is 27.7 Å². The molecule has 0 fully saturated rings. The van der Waals surface area contributed by atoms with Gasteiger partial charge in [0, 0.05) is 16.5 Å². The summed E-state index contributed by atoms with van der Waals surface area (Å²) in [4.78, 5) is 0. The van der Waals surface area contributed by atoms with Crippen LogP contribution in [0, 0.1) is 37.0 Å². The highest BCUT2D eigenvalue weighted by Crippen LogP contribution is 2.46. The number of ether oxygens (including phenoxy) is 3. The molecule has 3 aromatic carbocycles. The van der Waals surface area contributed by atoms with Gasteiger partial charge in [-0.2, -0.15) is 0 Å². The fourth-order valence-electron chi connectivity index (χ4n) is 3.72. The van der Waals surface area contributed by atoms with E-state index in [0.717, 1.165) is 16.7 Å². The van der Waals surface area contributed by atoms with Gasteiger partial charge in [-0.15, -0.1) is 19.3 Å². The van der Waals surface area contributed by atoms with Crippen molar-refractivity contribution in [3.8, 4) is 54.3 Å². The lowest BCUT2D eigenvalue weighted by molar-refractivity contribution is 0.352. The van der Waals surface area contributed by atoms with Gasteiger partial charge in [-0.25, -0.2) is 0 Å². The molecule has 0 aliphatic rings.